The van der Waals surface area contributed by atoms with Gasteiger partial charge in [0.2, 0.25) is 6.41 Å². The number of aryl methyl sites for hydroxylation is 1. The first kappa shape index (κ1) is 17.3. The molecule has 130 valence electrons. The van der Waals surface area contributed by atoms with Crippen LogP contribution in [0.1, 0.15) is 43.4 Å². The fourth-order valence-electron chi connectivity index (χ4n) is 3.46. The summed E-state index contributed by atoms with van der Waals surface area (Å²) in [5, 5.41) is 0. The first-order valence-corrected chi connectivity index (χ1v) is 8.98. The molecule has 3 rings (SSSR count). The zero-order chi connectivity index (χ0) is 17.8. The molecular formula is C22H25NO2. The van der Waals surface area contributed by atoms with E-state index in [4.69, 9.17) is 4.74 Å². The van der Waals surface area contributed by atoms with Crippen LogP contribution in [0.2, 0.25) is 0 Å². The molecule has 3 nitrogen and oxygen atoms in total. The Bertz CT molecular complexity index is 794. The molecule has 1 unspecified atom stereocenters. The molecule has 2 aromatic carbocycles. The monoisotopic (exact) mass is 335 g/mol. The van der Waals surface area contributed by atoms with Crippen molar-refractivity contribution in [2.45, 2.75) is 39.7 Å². The average Bonchev–Trinajstić information content (AvgIpc) is 2.65. The first-order chi connectivity index (χ1) is 12.2. The minimum Gasteiger partial charge on any atom is -0.456 e. The Morgan fingerprint density at radius 2 is 1.84 bits per heavy atom. The fourth-order valence-corrected chi connectivity index (χ4v) is 3.46. The predicted octanol–water partition coefficient (Wildman–Crippen LogP) is 5.18. The third kappa shape index (κ3) is 3.32. The lowest BCUT2D eigenvalue weighted by molar-refractivity contribution is -0.120. The molecule has 0 bridgehead atoms. The Kier molecular flexibility index (Phi) is 5.22. The second-order valence-electron chi connectivity index (χ2n) is 6.40. The molecule has 1 aliphatic rings. The molecule has 0 N–H and O–H groups in total. The molecule has 1 aliphatic heterocycles. The van der Waals surface area contributed by atoms with Crippen molar-refractivity contribution in [1.29, 1.82) is 0 Å². The number of carbonyl (C=O) groups is 1. The van der Waals surface area contributed by atoms with Gasteiger partial charge in [0, 0.05) is 23.7 Å². The average molecular weight is 335 g/mol. The smallest absolute Gasteiger partial charge is 0.209 e. The number of rotatable bonds is 6. The molecule has 0 aromatic heterocycles. The Morgan fingerprint density at radius 3 is 2.56 bits per heavy atom. The van der Waals surface area contributed by atoms with E-state index in [1.54, 1.807) is 0 Å². The van der Waals surface area contributed by atoms with Gasteiger partial charge in [-0.05, 0) is 43.9 Å². The van der Waals surface area contributed by atoms with E-state index in [9.17, 15) is 4.79 Å². The zero-order valence-corrected chi connectivity index (χ0v) is 15.2. The van der Waals surface area contributed by atoms with Gasteiger partial charge in [-0.3, -0.25) is 4.79 Å². The standard InChI is InChI=1S/C22H25NO2/c1-4-17(23(5-2)15-24)13-14-18-19-10-6-7-12-21(19)25-22-16(3)9-8-11-20(18)22/h6-12,14-15,17H,4-5,13H2,1-3H3/b18-14+. The van der Waals surface area contributed by atoms with E-state index in [-0.39, 0.29) is 6.04 Å². The number of fused-ring (bicyclic) bond motifs is 2. The van der Waals surface area contributed by atoms with Gasteiger partial charge in [0.05, 0.1) is 0 Å². The lowest BCUT2D eigenvalue weighted by Crippen LogP contribution is -2.33. The van der Waals surface area contributed by atoms with Crippen LogP contribution < -0.4 is 4.74 Å². The first-order valence-electron chi connectivity index (χ1n) is 8.98. The third-order valence-electron chi connectivity index (χ3n) is 4.93. The molecular weight excluding hydrogens is 310 g/mol. The maximum absolute atomic E-state index is 11.3. The van der Waals surface area contributed by atoms with E-state index in [0.717, 1.165) is 54.0 Å². The molecule has 0 saturated heterocycles. The van der Waals surface area contributed by atoms with Crippen molar-refractivity contribution in [1.82, 2.24) is 4.90 Å². The van der Waals surface area contributed by atoms with E-state index >= 15 is 0 Å². The summed E-state index contributed by atoms with van der Waals surface area (Å²) in [5.41, 5.74) is 4.57. The molecule has 25 heavy (non-hydrogen) atoms. The second kappa shape index (κ2) is 7.56. The number of carbonyl (C=O) groups excluding carboxylic acids is 1. The number of hydrogen-bond acceptors (Lipinski definition) is 2. The summed E-state index contributed by atoms with van der Waals surface area (Å²) in [6.45, 7) is 6.96. The van der Waals surface area contributed by atoms with E-state index < -0.39 is 0 Å². The van der Waals surface area contributed by atoms with Gasteiger partial charge < -0.3 is 9.64 Å². The van der Waals surface area contributed by atoms with Crippen molar-refractivity contribution in [2.24, 2.45) is 0 Å². The van der Waals surface area contributed by atoms with Crippen LogP contribution in [-0.4, -0.2) is 23.9 Å². The minimum atomic E-state index is 0.221. The van der Waals surface area contributed by atoms with Crippen LogP contribution in [0.4, 0.5) is 0 Å². The number of amides is 1. The Labute approximate surface area is 149 Å². The summed E-state index contributed by atoms with van der Waals surface area (Å²) < 4.78 is 6.15. The lowest BCUT2D eigenvalue weighted by atomic mass is 9.91. The summed E-state index contributed by atoms with van der Waals surface area (Å²) in [5.74, 6) is 1.83. The molecule has 1 amide bonds. The predicted molar refractivity (Wildman–Crippen MR) is 102 cm³/mol. The van der Waals surface area contributed by atoms with Crippen LogP contribution in [-0.2, 0) is 4.79 Å². The van der Waals surface area contributed by atoms with Crippen LogP contribution in [0.3, 0.4) is 0 Å². The molecule has 1 atom stereocenters. The van der Waals surface area contributed by atoms with E-state index in [2.05, 4.69) is 44.2 Å². The fraction of sp³-hybridized carbons (Fsp3) is 0.318. The van der Waals surface area contributed by atoms with Gasteiger partial charge in [-0.25, -0.2) is 0 Å². The largest absolute Gasteiger partial charge is 0.456 e. The van der Waals surface area contributed by atoms with Crippen molar-refractivity contribution >= 4 is 12.0 Å². The number of benzene rings is 2. The molecule has 0 fully saturated rings. The van der Waals surface area contributed by atoms with Crippen LogP contribution >= 0.6 is 0 Å². The highest BCUT2D eigenvalue weighted by molar-refractivity contribution is 5.88. The maximum atomic E-state index is 11.3. The molecule has 0 aliphatic carbocycles. The summed E-state index contributed by atoms with van der Waals surface area (Å²) in [6, 6.07) is 14.6. The number of ether oxygens (including phenoxy) is 1. The number of nitrogens with zero attached hydrogens (tertiary/aromatic N) is 1. The van der Waals surface area contributed by atoms with Gasteiger partial charge in [0.25, 0.3) is 0 Å². The van der Waals surface area contributed by atoms with Gasteiger partial charge in [-0.1, -0.05) is 49.4 Å². The van der Waals surface area contributed by atoms with Crippen LogP contribution in [0.15, 0.2) is 48.5 Å². The highest BCUT2D eigenvalue weighted by Gasteiger charge is 2.23. The molecule has 0 radical (unpaired) electrons. The van der Waals surface area contributed by atoms with Crippen molar-refractivity contribution < 1.29 is 9.53 Å². The normalized spacial score (nSPS) is 15.1. The molecule has 2 aromatic rings. The number of hydrogen-bond donors (Lipinski definition) is 0. The summed E-state index contributed by atoms with van der Waals surface area (Å²) in [7, 11) is 0. The minimum absolute atomic E-state index is 0.221. The zero-order valence-electron chi connectivity index (χ0n) is 15.2. The molecule has 0 spiro atoms. The second-order valence-corrected chi connectivity index (χ2v) is 6.40. The van der Waals surface area contributed by atoms with Crippen molar-refractivity contribution in [3.8, 4) is 11.5 Å². The summed E-state index contributed by atoms with van der Waals surface area (Å²) in [6.07, 6.45) is 5.00. The maximum Gasteiger partial charge on any atom is 0.209 e. The third-order valence-corrected chi connectivity index (χ3v) is 4.93. The highest BCUT2D eigenvalue weighted by atomic mass is 16.5. The van der Waals surface area contributed by atoms with E-state index in [1.807, 2.05) is 30.0 Å². The number of para-hydroxylation sites is 2. The van der Waals surface area contributed by atoms with Gasteiger partial charge in [-0.2, -0.15) is 0 Å². The van der Waals surface area contributed by atoms with Gasteiger partial charge in [0.15, 0.2) is 0 Å². The topological polar surface area (TPSA) is 29.5 Å². The summed E-state index contributed by atoms with van der Waals surface area (Å²) in [4.78, 5) is 13.2. The Hall–Kier alpha value is -2.55. The van der Waals surface area contributed by atoms with Gasteiger partial charge in [0.1, 0.15) is 11.5 Å². The van der Waals surface area contributed by atoms with E-state index in [1.165, 1.54) is 5.57 Å². The molecule has 0 saturated carbocycles. The van der Waals surface area contributed by atoms with Crippen molar-refractivity contribution in [3.63, 3.8) is 0 Å². The van der Waals surface area contributed by atoms with Crippen LogP contribution in [0.5, 0.6) is 11.5 Å². The van der Waals surface area contributed by atoms with Crippen molar-refractivity contribution in [3.05, 3.63) is 65.2 Å². The summed E-state index contributed by atoms with van der Waals surface area (Å²) >= 11 is 0. The Balaban J connectivity index is 2.03. The van der Waals surface area contributed by atoms with Gasteiger partial charge >= 0.3 is 0 Å². The highest BCUT2D eigenvalue weighted by Crippen LogP contribution is 2.45. The Morgan fingerprint density at radius 1 is 1.08 bits per heavy atom. The quantitative estimate of drug-likeness (QED) is 0.581. The molecule has 3 heteroatoms. The SMILES string of the molecule is CCC(C/C=C1\c2ccccc2Oc2c(C)cccc21)N(C=O)CC. The van der Waals surface area contributed by atoms with Gasteiger partial charge in [-0.15, -0.1) is 0 Å². The van der Waals surface area contributed by atoms with Crippen molar-refractivity contribution in [2.75, 3.05) is 6.54 Å². The van der Waals surface area contributed by atoms with E-state index in [0.29, 0.717) is 0 Å². The molecule has 1 heterocycles. The van der Waals surface area contributed by atoms with Crippen LogP contribution in [0.25, 0.3) is 5.57 Å². The lowest BCUT2D eigenvalue weighted by Gasteiger charge is -2.27. The van der Waals surface area contributed by atoms with Crippen LogP contribution in [0, 0.1) is 6.92 Å².